The van der Waals surface area contributed by atoms with Crippen LogP contribution in [0.2, 0.25) is 0 Å². The summed E-state index contributed by atoms with van der Waals surface area (Å²) in [6.45, 7) is 3.61. The number of para-hydroxylation sites is 2. The number of hydrogen-bond acceptors (Lipinski definition) is 2. The lowest BCUT2D eigenvalue weighted by molar-refractivity contribution is -0.663. The van der Waals surface area contributed by atoms with Crippen LogP contribution in [0.25, 0.3) is 11.0 Å². The van der Waals surface area contributed by atoms with Crippen molar-refractivity contribution >= 4 is 22.7 Å². The van der Waals surface area contributed by atoms with Crippen LogP contribution < -0.4 is 21.5 Å². The fourth-order valence-corrected chi connectivity index (χ4v) is 2.81. The Morgan fingerprint density at radius 1 is 1.00 bits per heavy atom. The quantitative estimate of drug-likeness (QED) is 0.471. The second kappa shape index (κ2) is 6.87. The van der Waals surface area contributed by atoms with Crippen LogP contribution >= 0.6 is 0 Å². The smallest absolute Gasteiger partial charge is 0.311 e. The zero-order valence-corrected chi connectivity index (χ0v) is 14.6. The van der Waals surface area contributed by atoms with Crippen LogP contribution in [0.5, 0.6) is 0 Å². The van der Waals surface area contributed by atoms with Gasteiger partial charge in [-0.3, -0.25) is 4.79 Å². The summed E-state index contributed by atoms with van der Waals surface area (Å²) in [7, 11) is 0. The predicted molar refractivity (Wildman–Crippen MR) is 83.9 cm³/mol. The summed E-state index contributed by atoms with van der Waals surface area (Å²) in [6.07, 6.45) is 0. The van der Waals surface area contributed by atoms with Gasteiger partial charge in [0.2, 0.25) is 5.78 Å². The molecule has 0 saturated carbocycles. The Labute approximate surface area is 145 Å². The van der Waals surface area contributed by atoms with E-state index in [1.54, 1.807) is 4.57 Å². The molecule has 118 valence electrons. The maximum Gasteiger partial charge on any atom is 0.311 e. The van der Waals surface area contributed by atoms with Crippen LogP contribution in [0.15, 0.2) is 54.6 Å². The molecule has 0 atom stereocenters. The fraction of sp³-hybridized carbons (Fsp3) is 0.167. The van der Waals surface area contributed by atoms with Gasteiger partial charge in [-0.15, -0.1) is 0 Å². The third-order valence-electron chi connectivity index (χ3n) is 3.84. The van der Waals surface area contributed by atoms with Crippen LogP contribution in [0.3, 0.4) is 0 Å². The molecule has 0 saturated heterocycles. The van der Waals surface area contributed by atoms with Crippen molar-refractivity contribution in [1.82, 2.24) is 4.57 Å². The van der Waals surface area contributed by atoms with Gasteiger partial charge in [-0.2, -0.15) is 4.57 Å². The predicted octanol–water partition coefficient (Wildman–Crippen LogP) is -0.216. The lowest BCUT2D eigenvalue weighted by atomic mass is 10.1. The molecule has 1 aromatic heterocycles. The van der Waals surface area contributed by atoms with E-state index >= 15 is 0 Å². The molecule has 0 spiro atoms. The van der Waals surface area contributed by atoms with E-state index in [0.717, 1.165) is 16.9 Å². The molecule has 0 unspecified atom stereocenters. The van der Waals surface area contributed by atoms with Crippen molar-refractivity contribution < 1.29 is 31.1 Å². The highest BCUT2D eigenvalue weighted by Gasteiger charge is 2.25. The second-order valence-electron chi connectivity index (χ2n) is 5.27. The molecule has 0 aliphatic heterocycles. The topological polar surface area (TPSA) is 43.0 Å². The summed E-state index contributed by atoms with van der Waals surface area (Å²) in [6, 6.07) is 16.8. The molecule has 5 heteroatoms. The van der Waals surface area contributed by atoms with Crippen LogP contribution in [0, 0.1) is 6.92 Å². The average molecular weight is 373 g/mol. The van der Waals surface area contributed by atoms with Crippen molar-refractivity contribution in [3.8, 4) is 0 Å². The van der Waals surface area contributed by atoms with Crippen LogP contribution in [-0.2, 0) is 6.54 Å². The first-order valence-electron chi connectivity index (χ1n) is 7.18. The lowest BCUT2D eigenvalue weighted by Crippen LogP contribution is -3.00. The number of nitrogens with zero attached hydrogens (tertiary/aromatic N) is 2. The molecule has 23 heavy (non-hydrogen) atoms. The number of fused-ring (bicyclic) bond motifs is 1. The fourth-order valence-electron chi connectivity index (χ4n) is 2.81. The molecular formula is C18H17BrN2O2. The SMILES string of the molecule is CC(=O)n1c(C)[n+](CC(=O)c2ccccc2)c2ccccc21.[Br-]. The Hall–Kier alpha value is -2.27. The summed E-state index contributed by atoms with van der Waals surface area (Å²) in [5.41, 5.74) is 2.39. The van der Waals surface area contributed by atoms with Crippen molar-refractivity contribution in [1.29, 1.82) is 0 Å². The number of Topliss-reactive ketones (excluding diaryl/α,β-unsaturated/α-hetero) is 1. The molecule has 1 heterocycles. The Morgan fingerprint density at radius 3 is 2.26 bits per heavy atom. The maximum atomic E-state index is 12.5. The van der Waals surface area contributed by atoms with Gasteiger partial charge in [-0.05, 0) is 12.1 Å². The van der Waals surface area contributed by atoms with Crippen LogP contribution in [0.4, 0.5) is 0 Å². The van der Waals surface area contributed by atoms with Gasteiger partial charge in [0.1, 0.15) is 0 Å². The number of benzene rings is 2. The molecule has 0 fully saturated rings. The van der Waals surface area contributed by atoms with Crippen LogP contribution in [-0.4, -0.2) is 16.3 Å². The molecule has 0 amide bonds. The Bertz CT molecular complexity index is 869. The van der Waals surface area contributed by atoms with Gasteiger partial charge < -0.3 is 17.0 Å². The first-order chi connectivity index (χ1) is 10.6. The molecule has 3 rings (SSSR count). The largest absolute Gasteiger partial charge is 1.00 e. The van der Waals surface area contributed by atoms with Crippen molar-refractivity contribution in [2.45, 2.75) is 20.4 Å². The van der Waals surface area contributed by atoms with E-state index in [9.17, 15) is 9.59 Å². The molecule has 3 aromatic rings. The van der Waals surface area contributed by atoms with Gasteiger partial charge in [0.25, 0.3) is 5.82 Å². The number of hydrogen-bond donors (Lipinski definition) is 0. The highest BCUT2D eigenvalue weighted by Crippen LogP contribution is 2.14. The number of rotatable bonds is 3. The van der Waals surface area contributed by atoms with Gasteiger partial charge in [-0.1, -0.05) is 42.5 Å². The van der Waals surface area contributed by atoms with Crippen molar-refractivity contribution in [2.75, 3.05) is 0 Å². The van der Waals surface area contributed by atoms with Gasteiger partial charge in [0.15, 0.2) is 17.6 Å². The van der Waals surface area contributed by atoms with E-state index in [1.165, 1.54) is 6.92 Å². The molecule has 0 aliphatic carbocycles. The number of imidazole rings is 1. The molecule has 0 N–H and O–H groups in total. The Balaban J connectivity index is 0.00000192. The van der Waals surface area contributed by atoms with E-state index in [-0.39, 0.29) is 35.2 Å². The minimum absolute atomic E-state index is 0. The number of halogens is 1. The molecule has 0 bridgehead atoms. The first kappa shape index (κ1) is 17.1. The van der Waals surface area contributed by atoms with Gasteiger partial charge in [-0.25, -0.2) is 9.36 Å². The summed E-state index contributed by atoms with van der Waals surface area (Å²) >= 11 is 0. The molecule has 0 radical (unpaired) electrons. The number of aromatic nitrogens is 2. The summed E-state index contributed by atoms with van der Waals surface area (Å²) in [5.74, 6) is 0.734. The van der Waals surface area contributed by atoms with Crippen LogP contribution in [0.1, 0.15) is 27.9 Å². The maximum absolute atomic E-state index is 12.5. The molecule has 2 aromatic carbocycles. The van der Waals surface area contributed by atoms with Gasteiger partial charge >= 0.3 is 5.91 Å². The summed E-state index contributed by atoms with van der Waals surface area (Å²) in [4.78, 5) is 24.4. The summed E-state index contributed by atoms with van der Waals surface area (Å²) < 4.78 is 3.54. The number of carbonyl (C=O) groups excluding carboxylic acids is 2. The first-order valence-corrected chi connectivity index (χ1v) is 7.18. The van der Waals surface area contributed by atoms with Crippen molar-refractivity contribution in [3.05, 3.63) is 66.0 Å². The highest BCUT2D eigenvalue weighted by atomic mass is 79.9. The monoisotopic (exact) mass is 372 g/mol. The number of ketones is 1. The highest BCUT2D eigenvalue weighted by molar-refractivity contribution is 5.95. The second-order valence-corrected chi connectivity index (χ2v) is 5.27. The molecular weight excluding hydrogens is 356 g/mol. The molecule has 4 nitrogen and oxygen atoms in total. The Morgan fingerprint density at radius 2 is 1.61 bits per heavy atom. The standard InChI is InChI=1S/C18H17N2O2.BrH/c1-13-19(12-18(22)15-8-4-3-5-9-15)16-10-6-7-11-17(16)20(13)14(2)21;/h3-11H,12H2,1-2H3;1H/q+1;/p-1. The normalized spacial score (nSPS) is 10.3. The van der Waals surface area contributed by atoms with Gasteiger partial charge in [0.05, 0.1) is 0 Å². The lowest BCUT2D eigenvalue weighted by Gasteiger charge is -2.00. The van der Waals surface area contributed by atoms with E-state index < -0.39 is 0 Å². The zero-order chi connectivity index (χ0) is 15.7. The van der Waals surface area contributed by atoms with E-state index in [4.69, 9.17) is 0 Å². The van der Waals surface area contributed by atoms with E-state index in [2.05, 4.69) is 0 Å². The van der Waals surface area contributed by atoms with Crippen molar-refractivity contribution in [2.24, 2.45) is 0 Å². The minimum Gasteiger partial charge on any atom is -1.00 e. The zero-order valence-electron chi connectivity index (χ0n) is 13.0. The van der Waals surface area contributed by atoms with E-state index in [0.29, 0.717) is 5.56 Å². The van der Waals surface area contributed by atoms with Crippen molar-refractivity contribution in [3.63, 3.8) is 0 Å². The summed E-state index contributed by atoms with van der Waals surface area (Å²) in [5, 5.41) is 0. The number of carbonyl (C=O) groups is 2. The van der Waals surface area contributed by atoms with E-state index in [1.807, 2.05) is 66.1 Å². The third-order valence-corrected chi connectivity index (χ3v) is 3.84. The average Bonchev–Trinajstić information content (AvgIpc) is 2.81. The third kappa shape index (κ3) is 3.10. The van der Waals surface area contributed by atoms with Gasteiger partial charge in [0, 0.05) is 19.4 Å². The minimum atomic E-state index is -0.0559. The molecule has 0 aliphatic rings. The Kier molecular flexibility index (Phi) is 5.11.